The van der Waals surface area contributed by atoms with E-state index in [0.29, 0.717) is 24.8 Å². The Morgan fingerprint density at radius 1 is 1.38 bits per heavy atom. The molecule has 5 nitrogen and oxygen atoms in total. The molecule has 90 valence electrons. The third-order valence-electron chi connectivity index (χ3n) is 2.99. The van der Waals surface area contributed by atoms with Crippen LogP contribution >= 0.6 is 11.6 Å². The van der Waals surface area contributed by atoms with Gasteiger partial charge in [0.1, 0.15) is 5.15 Å². The molecule has 2 rings (SSSR count). The summed E-state index contributed by atoms with van der Waals surface area (Å²) in [5.74, 6) is 0. The van der Waals surface area contributed by atoms with Gasteiger partial charge in [-0.25, -0.2) is 0 Å². The van der Waals surface area contributed by atoms with Gasteiger partial charge in [0, 0.05) is 32.2 Å². The zero-order valence-electron chi connectivity index (χ0n) is 9.39. The molecule has 2 unspecified atom stereocenters. The molecule has 0 bridgehead atoms. The molecule has 1 aromatic rings. The topological polar surface area (TPSA) is 61.5 Å². The van der Waals surface area contributed by atoms with Crippen molar-refractivity contribution in [3.8, 4) is 0 Å². The molecule has 1 aliphatic heterocycles. The van der Waals surface area contributed by atoms with Gasteiger partial charge in [-0.1, -0.05) is 11.6 Å². The summed E-state index contributed by atoms with van der Waals surface area (Å²) in [4.78, 5) is 1.98. The van der Waals surface area contributed by atoms with Crippen LogP contribution < -0.4 is 0 Å². The number of nitrogens with zero attached hydrogens (tertiary/aromatic N) is 3. The Balaban J connectivity index is 2.10. The van der Waals surface area contributed by atoms with Crippen LogP contribution in [0.3, 0.4) is 0 Å². The van der Waals surface area contributed by atoms with Gasteiger partial charge in [0.15, 0.2) is 0 Å². The fourth-order valence-electron chi connectivity index (χ4n) is 2.05. The van der Waals surface area contributed by atoms with E-state index in [0.717, 1.165) is 11.3 Å². The van der Waals surface area contributed by atoms with Crippen LogP contribution in [0.15, 0.2) is 0 Å². The Morgan fingerprint density at radius 3 is 2.38 bits per heavy atom. The number of aliphatic hydroxyl groups excluding tert-OH is 2. The third-order valence-corrected chi connectivity index (χ3v) is 3.46. The number of likely N-dealkylation sites (tertiary alicyclic amines) is 1. The first-order valence-electron chi connectivity index (χ1n) is 5.25. The number of rotatable bonds is 2. The van der Waals surface area contributed by atoms with Crippen molar-refractivity contribution in [2.75, 3.05) is 13.1 Å². The van der Waals surface area contributed by atoms with Gasteiger partial charge in [0.2, 0.25) is 0 Å². The highest BCUT2D eigenvalue weighted by Crippen LogP contribution is 2.22. The van der Waals surface area contributed by atoms with Gasteiger partial charge in [0.25, 0.3) is 0 Å². The molecular weight excluding hydrogens is 230 g/mol. The van der Waals surface area contributed by atoms with Crippen LogP contribution in [0, 0.1) is 6.92 Å². The predicted octanol–water partition coefficient (Wildman–Crippen LogP) is -0.0807. The number of aryl methyl sites for hydroxylation is 2. The molecule has 0 spiro atoms. The summed E-state index contributed by atoms with van der Waals surface area (Å²) in [6.45, 7) is 3.48. The summed E-state index contributed by atoms with van der Waals surface area (Å²) in [5, 5.41) is 23.7. The first kappa shape index (κ1) is 11.9. The number of hydrogen-bond acceptors (Lipinski definition) is 4. The average Bonchev–Trinajstić information content (AvgIpc) is 2.63. The van der Waals surface area contributed by atoms with E-state index in [4.69, 9.17) is 11.6 Å². The number of β-amino-alcohol motifs (C(OH)–C–C–N with tert-alkyl or cyclic N) is 2. The Morgan fingerprint density at radius 2 is 1.94 bits per heavy atom. The Hall–Kier alpha value is -0.620. The second-order valence-electron chi connectivity index (χ2n) is 4.31. The molecule has 0 aliphatic carbocycles. The molecule has 0 aromatic carbocycles. The zero-order chi connectivity index (χ0) is 11.9. The van der Waals surface area contributed by atoms with E-state index in [1.165, 1.54) is 0 Å². The quantitative estimate of drug-likeness (QED) is 0.765. The molecule has 2 N–H and O–H groups in total. The molecule has 0 saturated carbocycles. The second-order valence-corrected chi connectivity index (χ2v) is 4.67. The van der Waals surface area contributed by atoms with Crippen molar-refractivity contribution in [3.05, 3.63) is 16.4 Å². The lowest BCUT2D eigenvalue weighted by molar-refractivity contribution is 0.0572. The first-order valence-corrected chi connectivity index (χ1v) is 5.63. The van der Waals surface area contributed by atoms with E-state index in [1.54, 1.807) is 11.7 Å². The first-order chi connectivity index (χ1) is 7.49. The van der Waals surface area contributed by atoms with E-state index in [2.05, 4.69) is 5.10 Å². The van der Waals surface area contributed by atoms with Gasteiger partial charge < -0.3 is 10.2 Å². The largest absolute Gasteiger partial charge is 0.389 e. The van der Waals surface area contributed by atoms with Crippen molar-refractivity contribution in [3.63, 3.8) is 0 Å². The summed E-state index contributed by atoms with van der Waals surface area (Å²) in [7, 11) is 1.80. The lowest BCUT2D eigenvalue weighted by Gasteiger charge is -2.14. The molecule has 0 amide bonds. The minimum absolute atomic E-state index is 0.478. The highest BCUT2D eigenvalue weighted by molar-refractivity contribution is 6.30. The fourth-order valence-corrected chi connectivity index (χ4v) is 2.29. The number of hydrogen-bond donors (Lipinski definition) is 2. The molecule has 16 heavy (non-hydrogen) atoms. The predicted molar refractivity (Wildman–Crippen MR) is 60.2 cm³/mol. The van der Waals surface area contributed by atoms with Crippen LogP contribution in [0.25, 0.3) is 0 Å². The standard InChI is InChI=1S/C10H16ClN3O2/c1-6-7(10(11)13(2)12-6)3-14-4-8(15)9(16)5-14/h8-9,15-16H,3-5H2,1-2H3. The molecule has 2 atom stereocenters. The second kappa shape index (κ2) is 4.33. The van der Waals surface area contributed by atoms with E-state index in [1.807, 2.05) is 11.8 Å². The van der Waals surface area contributed by atoms with Crippen LogP contribution in [0.4, 0.5) is 0 Å². The lowest BCUT2D eigenvalue weighted by Crippen LogP contribution is -2.22. The number of halogens is 1. The number of aliphatic hydroxyl groups is 2. The Labute approximate surface area is 99.2 Å². The van der Waals surface area contributed by atoms with E-state index >= 15 is 0 Å². The summed E-state index contributed by atoms with van der Waals surface area (Å²) < 4.78 is 1.63. The van der Waals surface area contributed by atoms with E-state index in [9.17, 15) is 10.2 Å². The smallest absolute Gasteiger partial charge is 0.131 e. The van der Waals surface area contributed by atoms with Gasteiger partial charge in [-0.2, -0.15) is 5.10 Å². The van der Waals surface area contributed by atoms with Gasteiger partial charge in [0.05, 0.1) is 17.9 Å². The van der Waals surface area contributed by atoms with Crippen molar-refractivity contribution in [1.82, 2.24) is 14.7 Å². The van der Waals surface area contributed by atoms with Crippen molar-refractivity contribution in [2.45, 2.75) is 25.7 Å². The summed E-state index contributed by atoms with van der Waals surface area (Å²) in [6, 6.07) is 0. The van der Waals surface area contributed by atoms with Crippen molar-refractivity contribution in [2.24, 2.45) is 7.05 Å². The highest BCUT2D eigenvalue weighted by Gasteiger charge is 2.30. The molecule has 6 heteroatoms. The van der Waals surface area contributed by atoms with Gasteiger partial charge in [-0.15, -0.1) is 0 Å². The van der Waals surface area contributed by atoms with Gasteiger partial charge in [-0.05, 0) is 6.92 Å². The SMILES string of the molecule is Cc1nn(C)c(Cl)c1CN1CC(O)C(O)C1. The Bertz CT molecular complexity index is 384. The normalized spacial score (nSPS) is 26.6. The van der Waals surface area contributed by atoms with Gasteiger partial charge in [-0.3, -0.25) is 9.58 Å². The van der Waals surface area contributed by atoms with E-state index < -0.39 is 12.2 Å². The third kappa shape index (κ3) is 2.08. The maximum absolute atomic E-state index is 9.44. The molecule has 1 saturated heterocycles. The number of aromatic nitrogens is 2. The van der Waals surface area contributed by atoms with Crippen molar-refractivity contribution >= 4 is 11.6 Å². The zero-order valence-corrected chi connectivity index (χ0v) is 10.1. The molecule has 0 radical (unpaired) electrons. The minimum atomic E-state index is -0.657. The molecule has 1 aliphatic rings. The minimum Gasteiger partial charge on any atom is -0.389 e. The summed E-state index contributed by atoms with van der Waals surface area (Å²) >= 11 is 6.11. The summed E-state index contributed by atoms with van der Waals surface area (Å²) in [6.07, 6.45) is -1.31. The fraction of sp³-hybridized carbons (Fsp3) is 0.700. The van der Waals surface area contributed by atoms with E-state index in [-0.39, 0.29) is 0 Å². The van der Waals surface area contributed by atoms with Crippen molar-refractivity contribution < 1.29 is 10.2 Å². The highest BCUT2D eigenvalue weighted by atomic mass is 35.5. The molecule has 1 fully saturated rings. The average molecular weight is 246 g/mol. The molecule has 1 aromatic heterocycles. The van der Waals surface area contributed by atoms with Crippen molar-refractivity contribution in [1.29, 1.82) is 0 Å². The van der Waals surface area contributed by atoms with Crippen LogP contribution in [-0.2, 0) is 13.6 Å². The molecule has 2 heterocycles. The van der Waals surface area contributed by atoms with Crippen LogP contribution in [0.2, 0.25) is 5.15 Å². The van der Waals surface area contributed by atoms with Crippen LogP contribution in [0.5, 0.6) is 0 Å². The maximum Gasteiger partial charge on any atom is 0.131 e. The summed E-state index contributed by atoms with van der Waals surface area (Å²) in [5.41, 5.74) is 1.86. The Kier molecular flexibility index (Phi) is 3.21. The van der Waals surface area contributed by atoms with Crippen LogP contribution in [-0.4, -0.2) is 50.2 Å². The van der Waals surface area contributed by atoms with Gasteiger partial charge >= 0.3 is 0 Å². The van der Waals surface area contributed by atoms with Crippen LogP contribution in [0.1, 0.15) is 11.3 Å². The lowest BCUT2D eigenvalue weighted by atomic mass is 10.2. The monoisotopic (exact) mass is 245 g/mol. The maximum atomic E-state index is 9.44. The molecular formula is C10H16ClN3O2.